The first-order valence-corrected chi connectivity index (χ1v) is 8.27. The molecule has 0 spiro atoms. The number of hydrogen-bond acceptors (Lipinski definition) is 6. The van der Waals surface area contributed by atoms with Gasteiger partial charge < -0.3 is 10.3 Å². The molecule has 2 aromatic rings. The Morgan fingerprint density at radius 3 is 3.15 bits per heavy atom. The van der Waals surface area contributed by atoms with Gasteiger partial charge in [-0.2, -0.15) is 16.7 Å². The number of thioether (sulfide) groups is 1. The number of hydrogen-bond donors (Lipinski definition) is 1. The minimum atomic E-state index is 0.214. The van der Waals surface area contributed by atoms with E-state index in [1.807, 2.05) is 30.0 Å². The van der Waals surface area contributed by atoms with Crippen molar-refractivity contribution in [1.82, 2.24) is 15.0 Å². The Balaban J connectivity index is 1.91. The highest BCUT2D eigenvalue weighted by Gasteiger charge is 2.26. The Hall–Kier alpha value is -1.05. The quantitative estimate of drug-likeness (QED) is 0.836. The van der Waals surface area contributed by atoms with Gasteiger partial charge in [0.1, 0.15) is 0 Å². The standard InChI is InChI=1S/C13H15BrN4OS/c1-18-4-5-20-7-11(18)12-16-13(19-17-12)9-6-8(15)2-3-10(9)14/h2-3,6,11H,4-5,7,15H2,1H3. The van der Waals surface area contributed by atoms with Gasteiger partial charge in [-0.3, -0.25) is 4.90 Å². The van der Waals surface area contributed by atoms with Gasteiger partial charge in [-0.05, 0) is 41.2 Å². The lowest BCUT2D eigenvalue weighted by atomic mass is 10.2. The van der Waals surface area contributed by atoms with Crippen LogP contribution in [0.15, 0.2) is 27.2 Å². The highest BCUT2D eigenvalue weighted by molar-refractivity contribution is 9.10. The molecule has 1 aromatic heterocycles. The summed E-state index contributed by atoms with van der Waals surface area (Å²) in [5.41, 5.74) is 7.32. The second-order valence-corrected chi connectivity index (χ2v) is 6.77. The fourth-order valence-electron chi connectivity index (χ4n) is 2.14. The zero-order valence-corrected chi connectivity index (χ0v) is 13.4. The highest BCUT2D eigenvalue weighted by Crippen LogP contribution is 2.31. The number of rotatable bonds is 2. The van der Waals surface area contributed by atoms with Crippen LogP contribution in [0, 0.1) is 0 Å². The van der Waals surface area contributed by atoms with Gasteiger partial charge in [-0.15, -0.1) is 0 Å². The predicted octanol–water partition coefficient (Wildman–Crippen LogP) is 2.80. The minimum Gasteiger partial charge on any atom is -0.399 e. The lowest BCUT2D eigenvalue weighted by Crippen LogP contribution is -2.33. The molecule has 0 bridgehead atoms. The van der Waals surface area contributed by atoms with E-state index in [4.69, 9.17) is 10.3 Å². The van der Waals surface area contributed by atoms with E-state index in [9.17, 15) is 0 Å². The van der Waals surface area contributed by atoms with E-state index in [-0.39, 0.29) is 6.04 Å². The van der Waals surface area contributed by atoms with Crippen LogP contribution in [-0.4, -0.2) is 40.1 Å². The van der Waals surface area contributed by atoms with Crippen LogP contribution in [0.1, 0.15) is 11.9 Å². The molecule has 106 valence electrons. The zero-order chi connectivity index (χ0) is 14.1. The van der Waals surface area contributed by atoms with Crippen LogP contribution in [-0.2, 0) is 0 Å². The smallest absolute Gasteiger partial charge is 0.259 e. The lowest BCUT2D eigenvalue weighted by molar-refractivity contribution is 0.257. The Kier molecular flexibility index (Phi) is 4.00. The van der Waals surface area contributed by atoms with Crippen LogP contribution in [0.4, 0.5) is 5.69 Å². The van der Waals surface area contributed by atoms with Crippen LogP contribution < -0.4 is 5.73 Å². The first kappa shape index (κ1) is 13.9. The topological polar surface area (TPSA) is 68.2 Å². The molecule has 2 heterocycles. The molecule has 1 saturated heterocycles. The van der Waals surface area contributed by atoms with Crippen molar-refractivity contribution in [2.75, 3.05) is 30.8 Å². The molecule has 0 amide bonds. The minimum absolute atomic E-state index is 0.214. The number of benzene rings is 1. The van der Waals surface area contributed by atoms with Crippen LogP contribution in [0.3, 0.4) is 0 Å². The molecule has 1 unspecified atom stereocenters. The SMILES string of the molecule is CN1CCSCC1c1noc(-c2cc(N)ccc2Br)n1. The van der Waals surface area contributed by atoms with E-state index in [1.165, 1.54) is 0 Å². The molecule has 0 aliphatic carbocycles. The number of halogens is 1. The molecule has 0 saturated carbocycles. The summed E-state index contributed by atoms with van der Waals surface area (Å²) in [7, 11) is 2.09. The van der Waals surface area contributed by atoms with E-state index < -0.39 is 0 Å². The monoisotopic (exact) mass is 354 g/mol. The number of anilines is 1. The lowest BCUT2D eigenvalue weighted by Gasteiger charge is -2.29. The Morgan fingerprint density at radius 1 is 1.50 bits per heavy atom. The Bertz CT molecular complexity index is 618. The molecule has 0 radical (unpaired) electrons. The number of nitrogens with two attached hydrogens (primary N) is 1. The van der Waals surface area contributed by atoms with Crippen LogP contribution in [0.5, 0.6) is 0 Å². The fourth-order valence-corrected chi connectivity index (χ4v) is 3.77. The normalized spacial score (nSPS) is 20.2. The molecule has 5 nitrogen and oxygen atoms in total. The second kappa shape index (κ2) is 5.75. The first-order valence-electron chi connectivity index (χ1n) is 6.32. The molecule has 1 atom stereocenters. The Labute approximate surface area is 130 Å². The van der Waals surface area contributed by atoms with Crippen LogP contribution in [0.2, 0.25) is 0 Å². The average Bonchev–Trinajstić information content (AvgIpc) is 2.91. The van der Waals surface area contributed by atoms with Crippen molar-refractivity contribution in [2.24, 2.45) is 0 Å². The molecule has 1 aromatic carbocycles. The number of aromatic nitrogens is 2. The van der Waals surface area contributed by atoms with Gasteiger partial charge in [0.2, 0.25) is 0 Å². The second-order valence-electron chi connectivity index (χ2n) is 4.77. The largest absolute Gasteiger partial charge is 0.399 e. The highest BCUT2D eigenvalue weighted by atomic mass is 79.9. The fraction of sp³-hybridized carbons (Fsp3) is 0.385. The van der Waals surface area contributed by atoms with Gasteiger partial charge in [0.25, 0.3) is 5.89 Å². The molecule has 1 aliphatic heterocycles. The van der Waals surface area contributed by atoms with E-state index in [2.05, 4.69) is 38.0 Å². The van der Waals surface area contributed by atoms with Gasteiger partial charge in [-0.1, -0.05) is 5.16 Å². The maximum absolute atomic E-state index is 5.81. The Morgan fingerprint density at radius 2 is 2.35 bits per heavy atom. The summed E-state index contributed by atoms with van der Waals surface area (Å²) in [5.74, 6) is 3.39. The molecule has 1 aliphatic rings. The number of nitrogens with zero attached hydrogens (tertiary/aromatic N) is 3. The first-order chi connectivity index (χ1) is 9.65. The average molecular weight is 355 g/mol. The molecule has 1 fully saturated rings. The molecule has 7 heteroatoms. The van der Waals surface area contributed by atoms with E-state index >= 15 is 0 Å². The summed E-state index contributed by atoms with van der Waals surface area (Å²) in [4.78, 5) is 6.80. The maximum atomic E-state index is 5.81. The van der Waals surface area contributed by atoms with Crippen molar-refractivity contribution < 1.29 is 4.52 Å². The zero-order valence-electron chi connectivity index (χ0n) is 11.0. The summed E-state index contributed by atoms with van der Waals surface area (Å²) in [6, 6.07) is 5.76. The van der Waals surface area contributed by atoms with Crippen molar-refractivity contribution in [2.45, 2.75) is 6.04 Å². The van der Waals surface area contributed by atoms with Gasteiger partial charge in [0.05, 0.1) is 11.6 Å². The third-order valence-corrected chi connectivity index (χ3v) is 5.07. The molecule has 3 rings (SSSR count). The van der Waals surface area contributed by atoms with Gasteiger partial charge >= 0.3 is 0 Å². The van der Waals surface area contributed by atoms with Crippen molar-refractivity contribution >= 4 is 33.4 Å². The van der Waals surface area contributed by atoms with E-state index in [0.717, 1.165) is 33.9 Å². The summed E-state index contributed by atoms with van der Waals surface area (Å²) in [5, 5.41) is 4.13. The maximum Gasteiger partial charge on any atom is 0.259 e. The predicted molar refractivity (Wildman–Crippen MR) is 84.5 cm³/mol. The van der Waals surface area contributed by atoms with Crippen molar-refractivity contribution in [3.8, 4) is 11.5 Å². The van der Waals surface area contributed by atoms with E-state index in [0.29, 0.717) is 11.6 Å². The van der Waals surface area contributed by atoms with Crippen molar-refractivity contribution in [3.05, 3.63) is 28.5 Å². The third-order valence-electron chi connectivity index (χ3n) is 3.36. The summed E-state index contributed by atoms with van der Waals surface area (Å²) < 4.78 is 6.30. The summed E-state index contributed by atoms with van der Waals surface area (Å²) >= 11 is 5.41. The van der Waals surface area contributed by atoms with Crippen LogP contribution >= 0.6 is 27.7 Å². The summed E-state index contributed by atoms with van der Waals surface area (Å²) in [6.07, 6.45) is 0. The number of nitrogen functional groups attached to an aromatic ring is 1. The van der Waals surface area contributed by atoms with Gasteiger partial charge in [-0.25, -0.2) is 0 Å². The van der Waals surface area contributed by atoms with Crippen LogP contribution in [0.25, 0.3) is 11.5 Å². The van der Waals surface area contributed by atoms with Gasteiger partial charge in [0, 0.05) is 28.2 Å². The third kappa shape index (κ3) is 2.70. The van der Waals surface area contributed by atoms with Gasteiger partial charge in [0.15, 0.2) is 5.82 Å². The molecule has 2 N–H and O–H groups in total. The van der Waals surface area contributed by atoms with E-state index in [1.54, 1.807) is 0 Å². The molecular formula is C13H15BrN4OS. The van der Waals surface area contributed by atoms with Crippen molar-refractivity contribution in [1.29, 1.82) is 0 Å². The molecular weight excluding hydrogens is 340 g/mol. The summed E-state index contributed by atoms with van der Waals surface area (Å²) in [6.45, 7) is 1.04. The molecule has 20 heavy (non-hydrogen) atoms. The van der Waals surface area contributed by atoms with Crippen molar-refractivity contribution in [3.63, 3.8) is 0 Å².